The zero-order valence-electron chi connectivity index (χ0n) is 14.6. The smallest absolute Gasteiger partial charge is 0.253 e. The molecule has 0 aromatic heterocycles. The van der Waals surface area contributed by atoms with Crippen molar-refractivity contribution in [2.24, 2.45) is 0 Å². The molecule has 1 fully saturated rings. The van der Waals surface area contributed by atoms with Crippen LogP contribution < -0.4 is 5.32 Å². The molecule has 1 saturated heterocycles. The first kappa shape index (κ1) is 19.8. The van der Waals surface area contributed by atoms with Crippen LogP contribution in [0.25, 0.3) is 0 Å². The van der Waals surface area contributed by atoms with Crippen LogP contribution in [0.3, 0.4) is 0 Å². The highest BCUT2D eigenvalue weighted by Gasteiger charge is 2.27. The Hall–Kier alpha value is -1.96. The van der Waals surface area contributed by atoms with Crippen molar-refractivity contribution in [2.75, 3.05) is 13.1 Å². The summed E-state index contributed by atoms with van der Waals surface area (Å²) in [7, 11) is -3.67. The van der Waals surface area contributed by atoms with Gasteiger partial charge in [0, 0.05) is 25.2 Å². The minimum absolute atomic E-state index is 0.0229. The lowest BCUT2D eigenvalue weighted by atomic mass is 10.2. The number of sulfonamides is 1. The van der Waals surface area contributed by atoms with Crippen LogP contribution in [-0.4, -0.2) is 31.7 Å². The third-order valence-corrected chi connectivity index (χ3v) is 6.76. The molecule has 2 aromatic carbocycles. The number of rotatable bonds is 5. The summed E-state index contributed by atoms with van der Waals surface area (Å²) in [6.07, 6.45) is 2.65. The first-order chi connectivity index (χ1) is 12.9. The second-order valence-corrected chi connectivity index (χ2v) is 8.73. The minimum atomic E-state index is -3.67. The third-order valence-electron chi connectivity index (χ3n) is 4.53. The Labute approximate surface area is 163 Å². The van der Waals surface area contributed by atoms with Gasteiger partial charge in [0.25, 0.3) is 5.91 Å². The van der Waals surface area contributed by atoms with Gasteiger partial charge in [-0.1, -0.05) is 36.2 Å². The summed E-state index contributed by atoms with van der Waals surface area (Å²) in [5.74, 6) is -0.982. The van der Waals surface area contributed by atoms with Crippen LogP contribution in [0.1, 0.15) is 35.2 Å². The normalized spacial score (nSPS) is 15.5. The van der Waals surface area contributed by atoms with Crippen LogP contribution in [0.4, 0.5) is 4.39 Å². The maximum Gasteiger partial charge on any atom is 0.253 e. The van der Waals surface area contributed by atoms with E-state index in [1.807, 2.05) is 0 Å². The number of hydrogen-bond donors (Lipinski definition) is 1. The molecule has 0 spiro atoms. The Morgan fingerprint density at radius 3 is 2.52 bits per heavy atom. The molecule has 2 aromatic rings. The standard InChI is InChI=1S/C19H20ClFN2O3S/c20-17-9-8-15(27(25,26)23-10-4-1-5-11-23)12-16(17)19(24)22-13-14-6-2-3-7-18(14)21/h2-3,6-9,12H,1,4-5,10-11,13H2,(H,22,24). The second-order valence-electron chi connectivity index (χ2n) is 6.38. The number of nitrogens with zero attached hydrogens (tertiary/aromatic N) is 1. The monoisotopic (exact) mass is 410 g/mol. The zero-order valence-corrected chi connectivity index (χ0v) is 16.2. The van der Waals surface area contributed by atoms with Crippen LogP contribution in [0, 0.1) is 5.82 Å². The summed E-state index contributed by atoms with van der Waals surface area (Å²) >= 11 is 6.10. The van der Waals surface area contributed by atoms with Gasteiger partial charge in [-0.05, 0) is 37.1 Å². The van der Waals surface area contributed by atoms with Gasteiger partial charge in [-0.3, -0.25) is 4.79 Å². The minimum Gasteiger partial charge on any atom is -0.348 e. The SMILES string of the molecule is O=C(NCc1ccccc1F)c1cc(S(=O)(=O)N2CCCCC2)ccc1Cl. The molecule has 0 radical (unpaired) electrons. The van der Waals surface area contributed by atoms with Crippen LogP contribution in [0.15, 0.2) is 47.4 Å². The lowest BCUT2D eigenvalue weighted by molar-refractivity contribution is 0.0950. The Kier molecular flexibility index (Phi) is 6.14. The number of halogens is 2. The molecule has 1 heterocycles. The fourth-order valence-electron chi connectivity index (χ4n) is 3.01. The summed E-state index contributed by atoms with van der Waals surface area (Å²) in [6, 6.07) is 10.2. The molecular formula is C19H20ClFN2O3S. The maximum atomic E-state index is 13.7. The summed E-state index contributed by atoms with van der Waals surface area (Å²) in [5, 5.41) is 2.72. The van der Waals surface area contributed by atoms with Crippen molar-refractivity contribution in [3.63, 3.8) is 0 Å². The molecule has 1 aliphatic heterocycles. The van der Waals surface area contributed by atoms with Crippen molar-refractivity contribution in [3.8, 4) is 0 Å². The number of hydrogen-bond acceptors (Lipinski definition) is 3. The number of amides is 1. The van der Waals surface area contributed by atoms with Crippen LogP contribution >= 0.6 is 11.6 Å². The van der Waals surface area contributed by atoms with Gasteiger partial charge in [-0.25, -0.2) is 12.8 Å². The van der Waals surface area contributed by atoms with E-state index in [4.69, 9.17) is 11.6 Å². The van der Waals surface area contributed by atoms with Gasteiger partial charge in [0.2, 0.25) is 10.0 Å². The molecule has 0 unspecified atom stereocenters. The predicted molar refractivity (Wildman–Crippen MR) is 102 cm³/mol. The zero-order chi connectivity index (χ0) is 19.4. The number of benzene rings is 2. The Bertz CT molecular complexity index is 944. The molecule has 0 atom stereocenters. The van der Waals surface area contributed by atoms with Gasteiger partial charge < -0.3 is 5.32 Å². The largest absolute Gasteiger partial charge is 0.348 e. The third kappa shape index (κ3) is 4.48. The van der Waals surface area contributed by atoms with E-state index < -0.39 is 21.7 Å². The quantitative estimate of drug-likeness (QED) is 0.819. The highest BCUT2D eigenvalue weighted by molar-refractivity contribution is 7.89. The number of nitrogens with one attached hydrogen (secondary N) is 1. The molecule has 0 aliphatic carbocycles. The molecule has 144 valence electrons. The van der Waals surface area contributed by atoms with E-state index >= 15 is 0 Å². The fourth-order valence-corrected chi connectivity index (χ4v) is 4.75. The van der Waals surface area contributed by atoms with E-state index in [2.05, 4.69) is 5.32 Å². The lowest BCUT2D eigenvalue weighted by Gasteiger charge is -2.26. The van der Waals surface area contributed by atoms with E-state index in [0.29, 0.717) is 18.7 Å². The molecule has 1 amide bonds. The van der Waals surface area contributed by atoms with E-state index in [0.717, 1.165) is 19.3 Å². The predicted octanol–water partition coefficient (Wildman–Crippen LogP) is 3.58. The molecule has 8 heteroatoms. The highest BCUT2D eigenvalue weighted by Crippen LogP contribution is 2.25. The van der Waals surface area contributed by atoms with Gasteiger partial charge in [-0.2, -0.15) is 4.31 Å². The first-order valence-corrected chi connectivity index (χ1v) is 10.5. The fraction of sp³-hybridized carbons (Fsp3) is 0.316. The summed E-state index contributed by atoms with van der Waals surface area (Å²) in [6.45, 7) is 0.921. The lowest BCUT2D eigenvalue weighted by Crippen LogP contribution is -2.35. The van der Waals surface area contributed by atoms with Gasteiger partial charge in [0.15, 0.2) is 0 Å². The van der Waals surface area contributed by atoms with E-state index in [9.17, 15) is 17.6 Å². The van der Waals surface area contributed by atoms with Crippen LogP contribution in [-0.2, 0) is 16.6 Å². The van der Waals surface area contributed by atoms with Crippen LogP contribution in [0.2, 0.25) is 5.02 Å². The molecule has 27 heavy (non-hydrogen) atoms. The van der Waals surface area contributed by atoms with Crippen molar-refractivity contribution in [3.05, 3.63) is 64.4 Å². The first-order valence-electron chi connectivity index (χ1n) is 8.71. The molecule has 3 rings (SSSR count). The Morgan fingerprint density at radius 1 is 1.11 bits per heavy atom. The molecule has 1 aliphatic rings. The molecule has 1 N–H and O–H groups in total. The average molecular weight is 411 g/mol. The Morgan fingerprint density at radius 2 is 1.81 bits per heavy atom. The van der Waals surface area contributed by atoms with E-state index in [1.54, 1.807) is 18.2 Å². The molecule has 0 bridgehead atoms. The number of carbonyl (C=O) groups excluding carboxylic acids is 1. The highest BCUT2D eigenvalue weighted by atomic mass is 35.5. The average Bonchev–Trinajstić information content (AvgIpc) is 2.68. The van der Waals surface area contributed by atoms with Crippen molar-refractivity contribution >= 4 is 27.5 Å². The Balaban J connectivity index is 1.80. The summed E-state index contributed by atoms with van der Waals surface area (Å²) in [5.41, 5.74) is 0.380. The van der Waals surface area contributed by atoms with Gasteiger partial charge in [0.05, 0.1) is 15.5 Å². The molecule has 0 saturated carbocycles. The van der Waals surface area contributed by atoms with Crippen molar-refractivity contribution in [2.45, 2.75) is 30.7 Å². The molecule has 5 nitrogen and oxygen atoms in total. The van der Waals surface area contributed by atoms with Gasteiger partial charge in [-0.15, -0.1) is 0 Å². The summed E-state index contributed by atoms with van der Waals surface area (Å²) < 4.78 is 40.7. The summed E-state index contributed by atoms with van der Waals surface area (Å²) in [4.78, 5) is 12.5. The topological polar surface area (TPSA) is 66.5 Å². The molecular weight excluding hydrogens is 391 g/mol. The maximum absolute atomic E-state index is 13.7. The van der Waals surface area contributed by atoms with Gasteiger partial charge >= 0.3 is 0 Å². The van der Waals surface area contributed by atoms with Crippen LogP contribution in [0.5, 0.6) is 0 Å². The number of carbonyl (C=O) groups is 1. The van der Waals surface area contributed by atoms with E-state index in [-0.39, 0.29) is 22.0 Å². The van der Waals surface area contributed by atoms with Gasteiger partial charge in [0.1, 0.15) is 5.82 Å². The number of piperidine rings is 1. The van der Waals surface area contributed by atoms with E-state index in [1.165, 1.54) is 28.6 Å². The van der Waals surface area contributed by atoms with Crippen molar-refractivity contribution in [1.82, 2.24) is 9.62 Å². The second kappa shape index (κ2) is 8.37. The van der Waals surface area contributed by atoms with Crippen molar-refractivity contribution in [1.29, 1.82) is 0 Å². The van der Waals surface area contributed by atoms with Crippen molar-refractivity contribution < 1.29 is 17.6 Å².